The standard InChI is InChI=1S/C15H22N2O4S/c1-3-21-15(18)16-9-6-10-17(12-11-16)22(19,20)14-8-5-4-7-13(14)2/h4-5,7-8H,3,6,9-12H2,1-2H3. The molecule has 0 aliphatic carbocycles. The van der Waals surface area contributed by atoms with Gasteiger partial charge in [0.2, 0.25) is 10.0 Å². The molecular formula is C15H22N2O4S. The van der Waals surface area contributed by atoms with Gasteiger partial charge >= 0.3 is 6.09 Å². The van der Waals surface area contributed by atoms with Gasteiger partial charge in [0, 0.05) is 26.2 Å². The molecule has 1 amide bonds. The number of rotatable bonds is 3. The summed E-state index contributed by atoms with van der Waals surface area (Å²) in [5, 5.41) is 0. The maximum atomic E-state index is 12.8. The van der Waals surface area contributed by atoms with Gasteiger partial charge in [0.05, 0.1) is 11.5 Å². The third kappa shape index (κ3) is 3.59. The zero-order valence-electron chi connectivity index (χ0n) is 13.0. The molecule has 7 heteroatoms. The molecule has 0 radical (unpaired) electrons. The molecule has 0 unspecified atom stereocenters. The number of nitrogens with zero attached hydrogens (tertiary/aromatic N) is 2. The summed E-state index contributed by atoms with van der Waals surface area (Å²) in [5.41, 5.74) is 0.731. The average Bonchev–Trinajstić information content (AvgIpc) is 2.74. The predicted molar refractivity (Wildman–Crippen MR) is 83.1 cm³/mol. The lowest BCUT2D eigenvalue weighted by Crippen LogP contribution is -2.37. The van der Waals surface area contributed by atoms with Gasteiger partial charge in [-0.25, -0.2) is 13.2 Å². The lowest BCUT2D eigenvalue weighted by molar-refractivity contribution is 0.109. The first kappa shape index (κ1) is 16.8. The number of hydrogen-bond acceptors (Lipinski definition) is 4. The highest BCUT2D eigenvalue weighted by molar-refractivity contribution is 7.89. The topological polar surface area (TPSA) is 66.9 Å². The van der Waals surface area contributed by atoms with E-state index in [0.29, 0.717) is 37.6 Å². The Hall–Kier alpha value is -1.60. The summed E-state index contributed by atoms with van der Waals surface area (Å²) in [6, 6.07) is 6.95. The number of hydrogen-bond donors (Lipinski definition) is 0. The van der Waals surface area contributed by atoms with Crippen LogP contribution in [0.4, 0.5) is 4.79 Å². The number of carbonyl (C=O) groups excluding carboxylic acids is 1. The summed E-state index contributed by atoms with van der Waals surface area (Å²) in [5.74, 6) is 0. The number of amides is 1. The predicted octanol–water partition coefficient (Wildman–Crippen LogP) is 1.85. The van der Waals surface area contributed by atoms with E-state index in [4.69, 9.17) is 4.74 Å². The Morgan fingerprint density at radius 3 is 2.59 bits per heavy atom. The van der Waals surface area contributed by atoms with Crippen molar-refractivity contribution in [2.24, 2.45) is 0 Å². The Morgan fingerprint density at radius 1 is 1.18 bits per heavy atom. The van der Waals surface area contributed by atoms with E-state index in [1.165, 1.54) is 4.31 Å². The van der Waals surface area contributed by atoms with E-state index in [1.54, 1.807) is 36.9 Å². The molecule has 0 saturated carbocycles. The van der Waals surface area contributed by atoms with Crippen LogP contribution in [-0.4, -0.2) is 56.5 Å². The lowest BCUT2D eigenvalue weighted by atomic mass is 10.2. The van der Waals surface area contributed by atoms with Crippen molar-refractivity contribution in [3.8, 4) is 0 Å². The second-order valence-electron chi connectivity index (χ2n) is 5.21. The average molecular weight is 326 g/mol. The summed E-state index contributed by atoms with van der Waals surface area (Å²) < 4.78 is 31.9. The van der Waals surface area contributed by atoms with Gasteiger partial charge in [0.25, 0.3) is 0 Å². The first-order valence-corrected chi connectivity index (χ1v) is 8.88. The van der Waals surface area contributed by atoms with E-state index >= 15 is 0 Å². The van der Waals surface area contributed by atoms with Crippen LogP contribution in [-0.2, 0) is 14.8 Å². The first-order chi connectivity index (χ1) is 10.5. The van der Waals surface area contributed by atoms with E-state index in [-0.39, 0.29) is 12.6 Å². The molecule has 1 aliphatic heterocycles. The summed E-state index contributed by atoms with van der Waals surface area (Å²) in [6.45, 7) is 5.42. The van der Waals surface area contributed by atoms with Crippen molar-refractivity contribution in [3.05, 3.63) is 29.8 Å². The van der Waals surface area contributed by atoms with E-state index in [0.717, 1.165) is 5.56 Å². The minimum Gasteiger partial charge on any atom is -0.450 e. The van der Waals surface area contributed by atoms with Crippen molar-refractivity contribution in [3.63, 3.8) is 0 Å². The SMILES string of the molecule is CCOC(=O)N1CCCN(S(=O)(=O)c2ccccc2C)CC1. The van der Waals surface area contributed by atoms with E-state index in [9.17, 15) is 13.2 Å². The molecule has 6 nitrogen and oxygen atoms in total. The fourth-order valence-corrected chi connectivity index (χ4v) is 4.21. The van der Waals surface area contributed by atoms with Crippen molar-refractivity contribution >= 4 is 16.1 Å². The molecule has 1 saturated heterocycles. The van der Waals surface area contributed by atoms with Gasteiger partial charge < -0.3 is 9.64 Å². The molecule has 0 spiro atoms. The third-order valence-corrected chi connectivity index (χ3v) is 5.75. The van der Waals surface area contributed by atoms with Gasteiger partial charge in [-0.3, -0.25) is 0 Å². The van der Waals surface area contributed by atoms with Crippen LogP contribution in [0.3, 0.4) is 0 Å². The molecule has 22 heavy (non-hydrogen) atoms. The maximum Gasteiger partial charge on any atom is 0.409 e. The quantitative estimate of drug-likeness (QED) is 0.850. The normalized spacial score (nSPS) is 17.1. The fourth-order valence-electron chi connectivity index (χ4n) is 2.52. The minimum atomic E-state index is -3.52. The van der Waals surface area contributed by atoms with Crippen LogP contribution in [0.1, 0.15) is 18.9 Å². The third-order valence-electron chi connectivity index (χ3n) is 3.69. The molecule has 2 rings (SSSR count). The molecule has 1 fully saturated rings. The van der Waals surface area contributed by atoms with Gasteiger partial charge in [-0.05, 0) is 31.9 Å². The molecule has 1 aromatic rings. The van der Waals surface area contributed by atoms with Crippen molar-refractivity contribution in [2.75, 3.05) is 32.8 Å². The number of aryl methyl sites for hydroxylation is 1. The van der Waals surface area contributed by atoms with Crippen molar-refractivity contribution in [1.29, 1.82) is 0 Å². The number of ether oxygens (including phenoxy) is 1. The highest BCUT2D eigenvalue weighted by Gasteiger charge is 2.29. The molecule has 0 atom stereocenters. The Labute approximate surface area is 131 Å². The molecule has 0 aromatic heterocycles. The summed E-state index contributed by atoms with van der Waals surface area (Å²) >= 11 is 0. The van der Waals surface area contributed by atoms with Crippen molar-refractivity contribution < 1.29 is 17.9 Å². The van der Waals surface area contributed by atoms with Crippen molar-refractivity contribution in [2.45, 2.75) is 25.2 Å². The Balaban J connectivity index is 2.14. The van der Waals surface area contributed by atoms with Crippen LogP contribution in [0.15, 0.2) is 29.2 Å². The zero-order valence-corrected chi connectivity index (χ0v) is 13.8. The van der Waals surface area contributed by atoms with Gasteiger partial charge in [0.1, 0.15) is 0 Å². The highest BCUT2D eigenvalue weighted by Crippen LogP contribution is 2.21. The van der Waals surface area contributed by atoms with Gasteiger partial charge in [-0.15, -0.1) is 0 Å². The highest BCUT2D eigenvalue weighted by atomic mass is 32.2. The monoisotopic (exact) mass is 326 g/mol. The van der Waals surface area contributed by atoms with Crippen molar-refractivity contribution in [1.82, 2.24) is 9.21 Å². The van der Waals surface area contributed by atoms with Crippen LogP contribution in [0, 0.1) is 6.92 Å². The van der Waals surface area contributed by atoms with Gasteiger partial charge in [-0.1, -0.05) is 18.2 Å². The van der Waals surface area contributed by atoms with E-state index in [1.807, 2.05) is 6.07 Å². The lowest BCUT2D eigenvalue weighted by Gasteiger charge is -2.22. The summed E-state index contributed by atoms with van der Waals surface area (Å²) in [6.07, 6.45) is 0.224. The number of benzene rings is 1. The van der Waals surface area contributed by atoms with E-state index < -0.39 is 10.0 Å². The van der Waals surface area contributed by atoms with Crippen LogP contribution >= 0.6 is 0 Å². The first-order valence-electron chi connectivity index (χ1n) is 7.44. The van der Waals surface area contributed by atoms with E-state index in [2.05, 4.69) is 0 Å². The fraction of sp³-hybridized carbons (Fsp3) is 0.533. The summed E-state index contributed by atoms with van der Waals surface area (Å²) in [4.78, 5) is 13.7. The smallest absolute Gasteiger partial charge is 0.409 e. The zero-order chi connectivity index (χ0) is 16.2. The maximum absolute atomic E-state index is 12.8. The molecule has 1 aromatic carbocycles. The second-order valence-corrected chi connectivity index (χ2v) is 7.12. The minimum absolute atomic E-state index is 0.287. The van der Waals surface area contributed by atoms with Crippen LogP contribution < -0.4 is 0 Å². The Kier molecular flexibility index (Phi) is 5.42. The molecule has 1 aliphatic rings. The molecule has 1 heterocycles. The molecule has 0 bridgehead atoms. The second kappa shape index (κ2) is 7.11. The van der Waals surface area contributed by atoms with Crippen LogP contribution in [0.2, 0.25) is 0 Å². The van der Waals surface area contributed by atoms with Crippen LogP contribution in [0.25, 0.3) is 0 Å². The molecule has 122 valence electrons. The number of sulfonamides is 1. The summed E-state index contributed by atoms with van der Waals surface area (Å²) in [7, 11) is -3.52. The Morgan fingerprint density at radius 2 is 1.91 bits per heavy atom. The van der Waals surface area contributed by atoms with Gasteiger partial charge in [0.15, 0.2) is 0 Å². The Bertz CT molecular complexity index is 630. The largest absolute Gasteiger partial charge is 0.450 e. The molecule has 0 N–H and O–H groups in total. The number of carbonyl (C=O) groups is 1. The van der Waals surface area contributed by atoms with Gasteiger partial charge in [-0.2, -0.15) is 4.31 Å². The molecular weight excluding hydrogens is 304 g/mol. The van der Waals surface area contributed by atoms with Crippen LogP contribution in [0.5, 0.6) is 0 Å².